The highest BCUT2D eigenvalue weighted by molar-refractivity contribution is 6.32. The molecule has 9 heteroatoms. The molecule has 9 rings (SSSR count). The van der Waals surface area contributed by atoms with Crippen LogP contribution in [0.15, 0.2) is 115 Å². The van der Waals surface area contributed by atoms with Crippen molar-refractivity contribution in [2.24, 2.45) is 0 Å². The Morgan fingerprint density at radius 2 is 0.778 bits per heavy atom. The molecule has 0 radical (unpaired) electrons. The van der Waals surface area contributed by atoms with Crippen LogP contribution >= 0.6 is 0 Å². The minimum atomic E-state index is -0.430. The van der Waals surface area contributed by atoms with Crippen molar-refractivity contribution in [2.75, 3.05) is 0 Å². The van der Waals surface area contributed by atoms with Crippen LogP contribution < -0.4 is 0 Å². The number of non-ortho nitro benzene ring substituents is 3. The highest BCUT2D eigenvalue weighted by Crippen LogP contribution is 2.44. The van der Waals surface area contributed by atoms with Crippen LogP contribution in [0.1, 0.15) is 0 Å². The first kappa shape index (κ1) is 26.2. The number of rotatable bonds is 3. The Kier molecular flexibility index (Phi) is 5.53. The lowest BCUT2D eigenvalue weighted by molar-refractivity contribution is -0.383. The van der Waals surface area contributed by atoms with Crippen LogP contribution in [0, 0.1) is 30.3 Å². The molecule has 9 aromatic carbocycles. The van der Waals surface area contributed by atoms with E-state index in [1.165, 1.54) is 12.1 Å². The summed E-state index contributed by atoms with van der Waals surface area (Å²) in [5.74, 6) is 0. The van der Waals surface area contributed by atoms with E-state index in [9.17, 15) is 30.3 Å². The predicted octanol–water partition coefficient (Wildman–Crippen LogP) is 10.0. The van der Waals surface area contributed by atoms with Gasteiger partial charge in [-0.3, -0.25) is 30.3 Å². The molecule has 0 aliphatic rings. The van der Waals surface area contributed by atoms with Crippen LogP contribution in [0.2, 0.25) is 0 Å². The van der Waals surface area contributed by atoms with E-state index in [1.807, 2.05) is 54.6 Å². The molecule has 0 N–H and O–H groups in total. The smallest absolute Gasteiger partial charge is 0.258 e. The number of hydrogen-bond donors (Lipinski definition) is 0. The van der Waals surface area contributed by atoms with E-state index < -0.39 is 9.85 Å². The third kappa shape index (κ3) is 3.74. The maximum absolute atomic E-state index is 11.8. The fraction of sp³-hybridized carbons (Fsp3) is 0. The third-order valence-corrected chi connectivity index (χ3v) is 8.70. The molecule has 9 aromatic rings. The van der Waals surface area contributed by atoms with Gasteiger partial charge in [0, 0.05) is 28.3 Å². The molecule has 0 aromatic heterocycles. The first-order chi connectivity index (χ1) is 21.8. The molecule has 0 saturated heterocycles. The second-order valence-corrected chi connectivity index (χ2v) is 10.9. The Bertz CT molecular complexity index is 2600. The summed E-state index contributed by atoms with van der Waals surface area (Å²) in [6.45, 7) is 0. The molecule has 0 aliphatic heterocycles. The molecule has 45 heavy (non-hydrogen) atoms. The number of fused-ring (bicyclic) bond motifs is 2. The number of benzene rings is 9. The van der Waals surface area contributed by atoms with Crippen LogP contribution in [0.5, 0.6) is 0 Å². The van der Waals surface area contributed by atoms with Crippen LogP contribution in [0.4, 0.5) is 17.1 Å². The average Bonchev–Trinajstić information content (AvgIpc) is 3.05. The van der Waals surface area contributed by atoms with E-state index in [4.69, 9.17) is 0 Å². The Hall–Kier alpha value is -6.48. The van der Waals surface area contributed by atoms with Gasteiger partial charge in [-0.1, -0.05) is 66.7 Å². The fourth-order valence-electron chi connectivity index (χ4n) is 6.86. The maximum atomic E-state index is 11.8. The van der Waals surface area contributed by atoms with Gasteiger partial charge >= 0.3 is 0 Å². The Balaban J connectivity index is 0.000000134. The molecule has 0 unspecified atom stereocenters. The van der Waals surface area contributed by atoms with Gasteiger partial charge < -0.3 is 0 Å². The van der Waals surface area contributed by atoms with Crippen molar-refractivity contribution in [1.29, 1.82) is 0 Å². The number of nitro groups is 3. The van der Waals surface area contributed by atoms with Crippen molar-refractivity contribution >= 4 is 92.5 Å². The van der Waals surface area contributed by atoms with E-state index in [1.54, 1.807) is 24.3 Å². The summed E-state index contributed by atoms with van der Waals surface area (Å²) in [6, 6.07) is 35.0. The molecule has 9 nitrogen and oxygen atoms in total. The first-order valence-corrected chi connectivity index (χ1v) is 14.1. The summed E-state index contributed by atoms with van der Waals surface area (Å²) in [5, 5.41) is 46.0. The van der Waals surface area contributed by atoms with Gasteiger partial charge in [-0.05, 0) is 74.1 Å². The molecular formula is C36H19N3O6. The van der Waals surface area contributed by atoms with Crippen LogP contribution in [0.3, 0.4) is 0 Å². The number of nitrogens with zero attached hydrogens (tertiary/aromatic N) is 3. The Labute approximate surface area is 252 Å². The second kappa shape index (κ2) is 9.51. The Morgan fingerprint density at radius 3 is 1.31 bits per heavy atom. The molecular weight excluding hydrogens is 570 g/mol. The standard InChI is InChI=1S/C20H11NO2.C16H8N2O4/c22-21(23)20-16-7-2-1-6-14(16)15-10-8-12-4-3-5-13-9-11-17(20)19(15)18(12)13;19-17(20)13-7-3-9-1-2-10-4-8-14(18(21)22)12-6-5-11(13)15(9)16(10)12/h1-11H;1-8H. The lowest BCUT2D eigenvalue weighted by atomic mass is 9.90. The highest BCUT2D eigenvalue weighted by Gasteiger charge is 2.23. The molecule has 0 atom stereocenters. The van der Waals surface area contributed by atoms with Gasteiger partial charge in [0.05, 0.1) is 36.3 Å². The molecule has 0 fully saturated rings. The van der Waals surface area contributed by atoms with E-state index in [-0.39, 0.29) is 22.0 Å². The van der Waals surface area contributed by atoms with Gasteiger partial charge in [0.2, 0.25) is 0 Å². The van der Waals surface area contributed by atoms with Crippen molar-refractivity contribution in [3.8, 4) is 0 Å². The zero-order valence-corrected chi connectivity index (χ0v) is 23.3. The molecule has 0 bridgehead atoms. The summed E-state index contributed by atoms with van der Waals surface area (Å²) in [5.41, 5.74) is 0.216. The normalized spacial score (nSPS) is 11.6. The van der Waals surface area contributed by atoms with Gasteiger partial charge in [-0.2, -0.15) is 0 Å². The fourth-order valence-corrected chi connectivity index (χ4v) is 6.86. The van der Waals surface area contributed by atoms with Gasteiger partial charge in [-0.15, -0.1) is 0 Å². The van der Waals surface area contributed by atoms with Crippen molar-refractivity contribution in [2.45, 2.75) is 0 Å². The molecule has 0 saturated carbocycles. The predicted molar refractivity (Wildman–Crippen MR) is 178 cm³/mol. The monoisotopic (exact) mass is 589 g/mol. The van der Waals surface area contributed by atoms with E-state index >= 15 is 0 Å². The minimum absolute atomic E-state index is 0.00778. The van der Waals surface area contributed by atoms with E-state index in [2.05, 4.69) is 24.3 Å². The molecule has 0 heterocycles. The van der Waals surface area contributed by atoms with Gasteiger partial charge in [0.1, 0.15) is 0 Å². The zero-order valence-electron chi connectivity index (χ0n) is 23.3. The van der Waals surface area contributed by atoms with Crippen molar-refractivity contribution < 1.29 is 14.8 Å². The highest BCUT2D eigenvalue weighted by atomic mass is 16.6. The average molecular weight is 590 g/mol. The van der Waals surface area contributed by atoms with Crippen molar-refractivity contribution in [1.82, 2.24) is 0 Å². The molecule has 214 valence electrons. The first-order valence-electron chi connectivity index (χ1n) is 14.1. The van der Waals surface area contributed by atoms with E-state index in [0.717, 1.165) is 43.1 Å². The molecule has 0 spiro atoms. The third-order valence-electron chi connectivity index (χ3n) is 8.70. The van der Waals surface area contributed by atoms with Gasteiger partial charge in [0.25, 0.3) is 17.1 Å². The van der Waals surface area contributed by atoms with Crippen LogP contribution in [-0.2, 0) is 0 Å². The van der Waals surface area contributed by atoms with Crippen LogP contribution in [-0.4, -0.2) is 14.8 Å². The summed E-state index contributed by atoms with van der Waals surface area (Å²) in [7, 11) is 0. The zero-order chi connectivity index (χ0) is 31.0. The summed E-state index contributed by atoms with van der Waals surface area (Å²) in [6.07, 6.45) is 0. The summed E-state index contributed by atoms with van der Waals surface area (Å²) < 4.78 is 0. The van der Waals surface area contributed by atoms with Crippen molar-refractivity contribution in [3.05, 3.63) is 146 Å². The second-order valence-electron chi connectivity index (χ2n) is 10.9. The van der Waals surface area contributed by atoms with Gasteiger partial charge in [0.15, 0.2) is 0 Å². The molecule has 0 aliphatic carbocycles. The molecule has 0 amide bonds. The SMILES string of the molecule is O=[N+]([O-])c1c2ccccc2c2ccc3cccc4ccc1c2c43.O=[N+]([O-])c1ccc2ccc3ccc([N+](=O)[O-])c4ccc1c2c34. The van der Waals surface area contributed by atoms with E-state index in [0.29, 0.717) is 32.3 Å². The van der Waals surface area contributed by atoms with Crippen molar-refractivity contribution in [3.63, 3.8) is 0 Å². The van der Waals surface area contributed by atoms with Crippen LogP contribution in [0.25, 0.3) is 75.4 Å². The quantitative estimate of drug-likeness (QED) is 0.0872. The maximum Gasteiger partial charge on any atom is 0.285 e. The minimum Gasteiger partial charge on any atom is -0.258 e. The van der Waals surface area contributed by atoms with Gasteiger partial charge in [-0.25, -0.2) is 0 Å². The summed E-state index contributed by atoms with van der Waals surface area (Å²) >= 11 is 0. The number of nitro benzene ring substituents is 3. The largest absolute Gasteiger partial charge is 0.285 e. The lowest BCUT2D eigenvalue weighted by Gasteiger charge is -2.13. The lowest BCUT2D eigenvalue weighted by Crippen LogP contribution is -1.94. The number of hydrogen-bond acceptors (Lipinski definition) is 6. The summed E-state index contributed by atoms with van der Waals surface area (Å²) in [4.78, 5) is 33.1. The Morgan fingerprint density at radius 1 is 0.333 bits per heavy atom. The topological polar surface area (TPSA) is 129 Å².